The van der Waals surface area contributed by atoms with Gasteiger partial charge >= 0.3 is 0 Å². The Kier molecular flexibility index (Phi) is 2.66. The van der Waals surface area contributed by atoms with Crippen LogP contribution in [0.3, 0.4) is 0 Å². The highest BCUT2D eigenvalue weighted by Crippen LogP contribution is 2.48. The molecule has 3 rings (SSSR count). The van der Waals surface area contributed by atoms with E-state index in [4.69, 9.17) is 5.11 Å². The molecule has 2 heterocycles. The summed E-state index contributed by atoms with van der Waals surface area (Å²) in [5.41, 5.74) is 1.04. The number of aromatic nitrogens is 4. The fourth-order valence-electron chi connectivity index (χ4n) is 2.20. The molecule has 0 aliphatic heterocycles. The Hall–Kier alpha value is -1.69. The molecule has 0 radical (unpaired) electrons. The third-order valence-corrected chi connectivity index (χ3v) is 3.66. The van der Waals surface area contributed by atoms with E-state index < -0.39 is 0 Å². The van der Waals surface area contributed by atoms with Gasteiger partial charge in [-0.3, -0.25) is 0 Å². The highest BCUT2D eigenvalue weighted by Gasteiger charge is 2.41. The van der Waals surface area contributed by atoms with Crippen LogP contribution in [0.2, 0.25) is 0 Å². The van der Waals surface area contributed by atoms with E-state index in [2.05, 4.69) is 20.6 Å². The summed E-state index contributed by atoms with van der Waals surface area (Å²) < 4.78 is 1.73. The Bertz CT molecular complexity index is 561. The van der Waals surface area contributed by atoms with Crippen LogP contribution in [0.5, 0.6) is 0 Å². The van der Waals surface area contributed by atoms with Gasteiger partial charge in [0.15, 0.2) is 11.5 Å². The molecule has 1 fully saturated rings. The molecule has 6 heteroatoms. The van der Waals surface area contributed by atoms with Gasteiger partial charge < -0.3 is 10.4 Å². The van der Waals surface area contributed by atoms with Gasteiger partial charge in [-0.25, -0.2) is 0 Å². The molecular weight excluding hydrogens is 230 g/mol. The summed E-state index contributed by atoms with van der Waals surface area (Å²) in [7, 11) is 0. The zero-order valence-corrected chi connectivity index (χ0v) is 10.4. The first kappa shape index (κ1) is 11.4. The first-order valence-electron chi connectivity index (χ1n) is 6.26. The standard InChI is InChI=1S/C12H17N5O/c1-9-14-15-11-3-2-10(16-17(9)11)13-8-12(4-5-12)6-7-18/h2-3,18H,4-8H2,1H3,(H,13,16). The van der Waals surface area contributed by atoms with E-state index in [0.717, 1.165) is 30.3 Å². The Morgan fingerprint density at radius 3 is 2.94 bits per heavy atom. The summed E-state index contributed by atoms with van der Waals surface area (Å²) in [5.74, 6) is 1.61. The Labute approximate surface area is 105 Å². The largest absolute Gasteiger partial charge is 0.396 e. The lowest BCUT2D eigenvalue weighted by molar-refractivity contribution is 0.253. The molecule has 0 aromatic carbocycles. The van der Waals surface area contributed by atoms with Crippen LogP contribution in [0.1, 0.15) is 25.1 Å². The molecule has 2 aromatic heterocycles. The maximum atomic E-state index is 9.02. The molecule has 1 aliphatic carbocycles. The van der Waals surface area contributed by atoms with Crippen molar-refractivity contribution in [2.24, 2.45) is 5.41 Å². The van der Waals surface area contributed by atoms with Crippen LogP contribution in [0, 0.1) is 12.3 Å². The van der Waals surface area contributed by atoms with Gasteiger partial charge in [0.05, 0.1) is 0 Å². The summed E-state index contributed by atoms with van der Waals surface area (Å²) >= 11 is 0. The lowest BCUT2D eigenvalue weighted by Crippen LogP contribution is -2.18. The molecule has 0 atom stereocenters. The van der Waals surface area contributed by atoms with Crippen LogP contribution in [0.25, 0.3) is 5.65 Å². The second-order valence-electron chi connectivity index (χ2n) is 5.06. The predicted molar refractivity (Wildman–Crippen MR) is 67.4 cm³/mol. The second kappa shape index (κ2) is 4.20. The minimum Gasteiger partial charge on any atom is -0.396 e. The monoisotopic (exact) mass is 247 g/mol. The topological polar surface area (TPSA) is 75.3 Å². The van der Waals surface area contributed by atoms with Crippen molar-refractivity contribution in [1.29, 1.82) is 0 Å². The third kappa shape index (κ3) is 2.03. The van der Waals surface area contributed by atoms with Crippen molar-refractivity contribution in [2.75, 3.05) is 18.5 Å². The van der Waals surface area contributed by atoms with E-state index in [1.807, 2.05) is 19.1 Å². The maximum Gasteiger partial charge on any atom is 0.178 e. The van der Waals surface area contributed by atoms with E-state index in [-0.39, 0.29) is 12.0 Å². The number of fused-ring (bicyclic) bond motifs is 1. The molecule has 1 aliphatic rings. The number of aryl methyl sites for hydroxylation is 1. The second-order valence-corrected chi connectivity index (χ2v) is 5.06. The molecule has 0 unspecified atom stereocenters. The number of nitrogens with zero attached hydrogens (tertiary/aromatic N) is 4. The predicted octanol–water partition coefficient (Wildman–Crippen LogP) is 1.01. The Balaban J connectivity index is 1.73. The van der Waals surface area contributed by atoms with Crippen molar-refractivity contribution in [3.05, 3.63) is 18.0 Å². The molecule has 2 aromatic rings. The normalized spacial score (nSPS) is 17.0. The number of aliphatic hydroxyl groups is 1. The molecule has 0 saturated heterocycles. The van der Waals surface area contributed by atoms with E-state index in [0.29, 0.717) is 0 Å². The van der Waals surface area contributed by atoms with Crippen LogP contribution < -0.4 is 5.32 Å². The average Bonchev–Trinajstić information content (AvgIpc) is 3.05. The van der Waals surface area contributed by atoms with Gasteiger partial charge in [0.1, 0.15) is 5.82 Å². The number of hydrogen-bond acceptors (Lipinski definition) is 5. The number of rotatable bonds is 5. The van der Waals surface area contributed by atoms with Gasteiger partial charge in [0.25, 0.3) is 0 Å². The minimum absolute atomic E-state index is 0.263. The van der Waals surface area contributed by atoms with Crippen molar-refractivity contribution < 1.29 is 5.11 Å². The smallest absolute Gasteiger partial charge is 0.178 e. The average molecular weight is 247 g/mol. The maximum absolute atomic E-state index is 9.02. The highest BCUT2D eigenvalue weighted by atomic mass is 16.3. The number of aliphatic hydroxyl groups excluding tert-OH is 1. The fraction of sp³-hybridized carbons (Fsp3) is 0.583. The molecular formula is C12H17N5O. The Morgan fingerprint density at radius 1 is 1.39 bits per heavy atom. The summed E-state index contributed by atoms with van der Waals surface area (Å²) in [6.45, 7) is 3.01. The number of nitrogens with one attached hydrogen (secondary N) is 1. The molecule has 18 heavy (non-hydrogen) atoms. The SMILES string of the molecule is Cc1nnc2ccc(NCC3(CCO)CC3)nn12. The van der Waals surface area contributed by atoms with Gasteiger partial charge in [0, 0.05) is 13.2 Å². The zero-order valence-electron chi connectivity index (χ0n) is 10.4. The first-order valence-corrected chi connectivity index (χ1v) is 6.26. The lowest BCUT2D eigenvalue weighted by Gasteiger charge is -2.14. The Morgan fingerprint density at radius 2 is 2.22 bits per heavy atom. The molecule has 2 N–H and O–H groups in total. The minimum atomic E-state index is 0.263. The van der Waals surface area contributed by atoms with Crippen molar-refractivity contribution in [3.8, 4) is 0 Å². The third-order valence-electron chi connectivity index (χ3n) is 3.66. The van der Waals surface area contributed by atoms with E-state index in [1.165, 1.54) is 12.8 Å². The summed E-state index contributed by atoms with van der Waals surface area (Å²) in [5, 5.41) is 24.8. The van der Waals surface area contributed by atoms with E-state index in [9.17, 15) is 0 Å². The molecule has 96 valence electrons. The van der Waals surface area contributed by atoms with Crippen LogP contribution >= 0.6 is 0 Å². The number of anilines is 1. The van der Waals surface area contributed by atoms with Gasteiger partial charge in [-0.1, -0.05) is 0 Å². The fourth-order valence-corrected chi connectivity index (χ4v) is 2.20. The van der Waals surface area contributed by atoms with E-state index in [1.54, 1.807) is 4.52 Å². The zero-order chi connectivity index (χ0) is 12.6. The molecule has 1 saturated carbocycles. The molecule has 0 amide bonds. The lowest BCUT2D eigenvalue weighted by atomic mass is 10.0. The van der Waals surface area contributed by atoms with Crippen molar-refractivity contribution >= 4 is 11.5 Å². The number of hydrogen-bond donors (Lipinski definition) is 2. The van der Waals surface area contributed by atoms with Crippen molar-refractivity contribution in [2.45, 2.75) is 26.2 Å². The molecule has 6 nitrogen and oxygen atoms in total. The van der Waals surface area contributed by atoms with Crippen molar-refractivity contribution in [3.63, 3.8) is 0 Å². The van der Waals surface area contributed by atoms with Gasteiger partial charge in [0.2, 0.25) is 0 Å². The highest BCUT2D eigenvalue weighted by molar-refractivity contribution is 5.44. The van der Waals surface area contributed by atoms with Gasteiger partial charge in [-0.15, -0.1) is 15.3 Å². The van der Waals surface area contributed by atoms with Crippen LogP contribution in [-0.2, 0) is 0 Å². The van der Waals surface area contributed by atoms with E-state index >= 15 is 0 Å². The molecule has 0 spiro atoms. The van der Waals surface area contributed by atoms with Crippen LogP contribution in [0.4, 0.5) is 5.82 Å². The molecule has 0 bridgehead atoms. The van der Waals surface area contributed by atoms with Gasteiger partial charge in [-0.05, 0) is 43.7 Å². The van der Waals surface area contributed by atoms with Crippen LogP contribution in [0.15, 0.2) is 12.1 Å². The summed E-state index contributed by atoms with van der Waals surface area (Å²) in [6, 6.07) is 3.82. The quantitative estimate of drug-likeness (QED) is 0.824. The van der Waals surface area contributed by atoms with Crippen LogP contribution in [-0.4, -0.2) is 38.1 Å². The van der Waals surface area contributed by atoms with Crippen molar-refractivity contribution in [1.82, 2.24) is 19.8 Å². The summed E-state index contributed by atoms with van der Waals surface area (Å²) in [4.78, 5) is 0. The first-order chi connectivity index (χ1) is 8.72. The van der Waals surface area contributed by atoms with Gasteiger partial charge in [-0.2, -0.15) is 4.52 Å². The summed E-state index contributed by atoms with van der Waals surface area (Å²) in [6.07, 6.45) is 3.25.